The average molecular weight is 346 g/mol. The first-order chi connectivity index (χ1) is 9.78. The van der Waals surface area contributed by atoms with Gasteiger partial charge in [0.25, 0.3) is 0 Å². The largest absolute Gasteiger partial charge is 1.00 e. The van der Waals surface area contributed by atoms with Gasteiger partial charge in [-0.1, -0.05) is 72.1 Å². The van der Waals surface area contributed by atoms with Crippen molar-refractivity contribution in [2.24, 2.45) is 11.8 Å². The fraction of sp³-hybridized carbons (Fsp3) is 0.933. The molecular weight excluding hydrogens is 315 g/mol. The van der Waals surface area contributed by atoms with Crippen LogP contribution in [0.3, 0.4) is 0 Å². The molecule has 0 rings (SSSR count). The summed E-state index contributed by atoms with van der Waals surface area (Å²) < 4.78 is 33.8. The van der Waals surface area contributed by atoms with Crippen LogP contribution in [-0.4, -0.2) is 18.9 Å². The van der Waals surface area contributed by atoms with Crippen LogP contribution in [0.4, 0.5) is 0 Å². The third kappa shape index (κ3) is 14.0. The molecule has 1 unspecified atom stereocenters. The third-order valence-corrected chi connectivity index (χ3v) is 4.04. The van der Waals surface area contributed by atoms with E-state index in [1.54, 1.807) is 0 Å². The van der Waals surface area contributed by atoms with E-state index in [0.717, 1.165) is 19.3 Å². The van der Waals surface area contributed by atoms with Crippen LogP contribution in [0.1, 0.15) is 80.0 Å². The smallest absolute Gasteiger partial charge is 1.00 e. The maximum Gasteiger partial charge on any atom is 1.00 e. The minimum atomic E-state index is -4.70. The van der Waals surface area contributed by atoms with Gasteiger partial charge in [-0.3, -0.25) is 9.35 Å². The van der Waals surface area contributed by atoms with E-state index in [4.69, 9.17) is 4.55 Å². The average Bonchev–Trinajstić information content (AvgIpc) is 2.34. The standard InChI is InChI=1S/C15H30O5S.Na.H/c1-4-5-6-7-8-9-10-11-12-14(13(2)3)15(16)20-21(17,18)19;;/h13-14H,4-12H2,1-3H3,(H,17,18,19);;/q;+1;-1. The molecule has 0 amide bonds. The van der Waals surface area contributed by atoms with Crippen LogP contribution in [0, 0.1) is 11.8 Å². The fourth-order valence-electron chi connectivity index (χ4n) is 2.39. The van der Waals surface area contributed by atoms with Gasteiger partial charge in [0.15, 0.2) is 0 Å². The van der Waals surface area contributed by atoms with Crippen molar-refractivity contribution in [3.63, 3.8) is 0 Å². The summed E-state index contributed by atoms with van der Waals surface area (Å²) in [5.41, 5.74) is 0. The second kappa shape index (κ2) is 13.8. The Morgan fingerprint density at radius 3 is 1.91 bits per heavy atom. The first-order valence-corrected chi connectivity index (χ1v) is 9.35. The zero-order chi connectivity index (χ0) is 16.3. The van der Waals surface area contributed by atoms with E-state index in [1.165, 1.54) is 32.1 Å². The minimum Gasteiger partial charge on any atom is -1.00 e. The third-order valence-electron chi connectivity index (χ3n) is 3.66. The summed E-state index contributed by atoms with van der Waals surface area (Å²) in [6.45, 7) is 5.89. The molecule has 0 radical (unpaired) electrons. The number of carbonyl (C=O) groups excluding carboxylic acids is 1. The number of unbranched alkanes of at least 4 members (excludes halogenated alkanes) is 7. The molecule has 7 heteroatoms. The Bertz CT molecular complexity index is 387. The molecule has 0 spiro atoms. The van der Waals surface area contributed by atoms with E-state index < -0.39 is 22.3 Å². The molecule has 0 aromatic carbocycles. The summed E-state index contributed by atoms with van der Waals surface area (Å²) in [5, 5.41) is 0. The molecule has 0 fully saturated rings. The number of rotatable bonds is 12. The van der Waals surface area contributed by atoms with Gasteiger partial charge in [-0.25, -0.2) is 0 Å². The van der Waals surface area contributed by atoms with Gasteiger partial charge in [-0.05, 0) is 12.3 Å². The van der Waals surface area contributed by atoms with E-state index in [2.05, 4.69) is 11.1 Å². The first-order valence-electron chi connectivity index (χ1n) is 7.98. The first kappa shape index (κ1) is 24.6. The molecule has 0 bridgehead atoms. The molecule has 0 aliphatic rings. The SMILES string of the molecule is CCCCCCCCCCC(C(=O)OS(=O)(=O)O)C(C)C.[H-].[Na+]. The van der Waals surface area contributed by atoms with Crippen molar-refractivity contribution in [1.82, 2.24) is 0 Å². The Labute approximate surface area is 159 Å². The summed E-state index contributed by atoms with van der Waals surface area (Å²) in [7, 11) is -4.70. The predicted octanol–water partition coefficient (Wildman–Crippen LogP) is 1.25. The molecule has 0 saturated heterocycles. The minimum absolute atomic E-state index is 0. The number of hydrogen-bond acceptors (Lipinski definition) is 4. The van der Waals surface area contributed by atoms with Crippen LogP contribution in [0.5, 0.6) is 0 Å². The van der Waals surface area contributed by atoms with Gasteiger partial charge in [0, 0.05) is 0 Å². The predicted molar refractivity (Wildman–Crippen MR) is 84.3 cm³/mol. The second-order valence-corrected chi connectivity index (χ2v) is 6.97. The van der Waals surface area contributed by atoms with Gasteiger partial charge in [-0.2, -0.15) is 8.42 Å². The van der Waals surface area contributed by atoms with Crippen molar-refractivity contribution >= 4 is 16.4 Å². The summed E-state index contributed by atoms with van der Waals surface area (Å²) in [6.07, 6.45) is 9.93. The van der Waals surface area contributed by atoms with Gasteiger partial charge in [0.05, 0.1) is 5.92 Å². The molecule has 22 heavy (non-hydrogen) atoms. The molecule has 0 saturated carbocycles. The Balaban J connectivity index is -0.00000200. The van der Waals surface area contributed by atoms with E-state index >= 15 is 0 Å². The van der Waals surface area contributed by atoms with Crippen molar-refractivity contribution in [1.29, 1.82) is 0 Å². The molecule has 0 aromatic rings. The number of hydrogen-bond donors (Lipinski definition) is 1. The molecule has 128 valence electrons. The Hall–Kier alpha value is 0.380. The van der Waals surface area contributed by atoms with Crippen molar-refractivity contribution in [2.75, 3.05) is 0 Å². The van der Waals surface area contributed by atoms with Crippen molar-refractivity contribution < 1.29 is 52.9 Å². The zero-order valence-electron chi connectivity index (χ0n) is 15.5. The van der Waals surface area contributed by atoms with Crippen molar-refractivity contribution in [3.8, 4) is 0 Å². The van der Waals surface area contributed by atoms with Crippen LogP contribution in [0.2, 0.25) is 0 Å². The van der Waals surface area contributed by atoms with E-state index in [0.29, 0.717) is 6.42 Å². The van der Waals surface area contributed by atoms with E-state index in [1.807, 2.05) is 13.8 Å². The van der Waals surface area contributed by atoms with Gasteiger partial charge < -0.3 is 5.61 Å². The van der Waals surface area contributed by atoms with E-state index in [9.17, 15) is 13.2 Å². The van der Waals surface area contributed by atoms with Gasteiger partial charge in [0.2, 0.25) is 0 Å². The second-order valence-electron chi connectivity index (χ2n) is 5.94. The van der Waals surface area contributed by atoms with Crippen molar-refractivity contribution in [3.05, 3.63) is 0 Å². The normalized spacial score (nSPS) is 12.8. The topological polar surface area (TPSA) is 80.7 Å². The monoisotopic (exact) mass is 346 g/mol. The maximum absolute atomic E-state index is 11.7. The van der Waals surface area contributed by atoms with Crippen LogP contribution < -0.4 is 29.6 Å². The molecule has 0 aliphatic carbocycles. The van der Waals surface area contributed by atoms with Crippen molar-refractivity contribution in [2.45, 2.75) is 78.6 Å². The Morgan fingerprint density at radius 1 is 1.05 bits per heavy atom. The molecule has 0 aromatic heterocycles. The fourth-order valence-corrected chi connectivity index (χ4v) is 2.72. The van der Waals surface area contributed by atoms with Crippen LogP contribution in [0.25, 0.3) is 0 Å². The molecule has 1 atom stereocenters. The molecule has 0 aliphatic heterocycles. The quantitative estimate of drug-likeness (QED) is 0.327. The van der Waals surface area contributed by atoms with Crippen LogP contribution in [0.15, 0.2) is 0 Å². The Kier molecular flexibility index (Phi) is 15.4. The maximum atomic E-state index is 11.7. The summed E-state index contributed by atoms with van der Waals surface area (Å²) in [4.78, 5) is 11.7. The summed E-state index contributed by atoms with van der Waals surface area (Å²) in [6, 6.07) is 0. The molecule has 1 N–H and O–H groups in total. The van der Waals surface area contributed by atoms with E-state index in [-0.39, 0.29) is 36.9 Å². The van der Waals surface area contributed by atoms with Gasteiger partial charge in [-0.15, -0.1) is 0 Å². The number of carbonyl (C=O) groups is 1. The van der Waals surface area contributed by atoms with Gasteiger partial charge >= 0.3 is 45.9 Å². The van der Waals surface area contributed by atoms with Crippen LogP contribution >= 0.6 is 0 Å². The molecule has 5 nitrogen and oxygen atoms in total. The Morgan fingerprint density at radius 2 is 1.50 bits per heavy atom. The molecule has 0 heterocycles. The van der Waals surface area contributed by atoms with Gasteiger partial charge in [0.1, 0.15) is 0 Å². The zero-order valence-corrected chi connectivity index (χ0v) is 17.3. The molecular formula is C15H31NaO5S. The summed E-state index contributed by atoms with van der Waals surface area (Å²) >= 11 is 0. The summed E-state index contributed by atoms with van der Waals surface area (Å²) in [5.74, 6) is -1.34. The van der Waals surface area contributed by atoms with Crippen LogP contribution in [-0.2, 0) is 19.4 Å².